The molecule has 7 aliphatic rings. The molecule has 0 aromatic carbocycles. The van der Waals surface area contributed by atoms with E-state index in [2.05, 4.69) is 0 Å². The van der Waals surface area contributed by atoms with Crippen molar-refractivity contribution in [2.24, 2.45) is 52.8 Å². The van der Waals surface area contributed by atoms with Crippen LogP contribution in [0.2, 0.25) is 0 Å². The van der Waals surface area contributed by atoms with Gasteiger partial charge in [-0.3, -0.25) is 14.1 Å². The SMILES string of the molecule is CCC1(OC(=O)C2C3CC4C(OC(=O)C42)C3OC(=O)C(F)(F)S(=O)(=O)O)C2CC3CC34CC1C24. The molecule has 1 N–H and O–H groups in total. The molecule has 1 spiro atoms. The molecule has 1 aliphatic heterocycles. The zero-order chi connectivity index (χ0) is 24.2. The molecule has 12 unspecified atom stereocenters. The van der Waals surface area contributed by atoms with E-state index in [4.69, 9.17) is 18.8 Å². The lowest BCUT2D eigenvalue weighted by Crippen LogP contribution is -2.71. The van der Waals surface area contributed by atoms with Crippen molar-refractivity contribution in [3.8, 4) is 0 Å². The van der Waals surface area contributed by atoms with E-state index in [1.54, 1.807) is 0 Å². The molecule has 0 aromatic heterocycles. The van der Waals surface area contributed by atoms with Crippen LogP contribution in [0.3, 0.4) is 0 Å². The van der Waals surface area contributed by atoms with Crippen LogP contribution < -0.4 is 0 Å². The first-order valence-electron chi connectivity index (χ1n) is 11.9. The van der Waals surface area contributed by atoms with Crippen molar-refractivity contribution < 1.29 is 50.3 Å². The third kappa shape index (κ3) is 2.16. The van der Waals surface area contributed by atoms with Gasteiger partial charge in [0.2, 0.25) is 0 Å². The summed E-state index contributed by atoms with van der Waals surface area (Å²) in [5.74, 6) is -4.92. The lowest BCUT2D eigenvalue weighted by molar-refractivity contribution is -0.278. The molecule has 12 atom stereocenters. The number of ether oxygens (including phenoxy) is 3. The normalized spacial score (nSPS) is 52.8. The van der Waals surface area contributed by atoms with Gasteiger partial charge < -0.3 is 14.2 Å². The van der Waals surface area contributed by atoms with Crippen LogP contribution in [-0.4, -0.2) is 53.9 Å². The number of hydrogen-bond acceptors (Lipinski definition) is 8. The highest BCUT2D eigenvalue weighted by molar-refractivity contribution is 7.87. The molecule has 6 saturated carbocycles. The predicted octanol–water partition coefficient (Wildman–Crippen LogP) is 1.55. The van der Waals surface area contributed by atoms with Crippen LogP contribution >= 0.6 is 0 Å². The Morgan fingerprint density at radius 2 is 1.94 bits per heavy atom. The highest BCUT2D eigenvalue weighted by Gasteiger charge is 2.87. The number of carbonyl (C=O) groups excluding carboxylic acids is 3. The summed E-state index contributed by atoms with van der Waals surface area (Å²) < 4.78 is 74.5. The summed E-state index contributed by atoms with van der Waals surface area (Å²) in [5, 5.41) is -5.18. The van der Waals surface area contributed by atoms with E-state index in [9.17, 15) is 31.6 Å². The van der Waals surface area contributed by atoms with Gasteiger partial charge in [-0.15, -0.1) is 0 Å². The second kappa shape index (κ2) is 5.93. The topological polar surface area (TPSA) is 133 Å². The Balaban J connectivity index is 1.14. The Kier molecular flexibility index (Phi) is 3.75. The van der Waals surface area contributed by atoms with Gasteiger partial charge in [0.15, 0.2) is 0 Å². The number of fused-ring (bicyclic) bond motifs is 1. The second-order valence-electron chi connectivity index (χ2n) is 11.4. The maximum Gasteiger partial charge on any atom is 0.465 e. The van der Waals surface area contributed by atoms with E-state index >= 15 is 0 Å². The number of hydrogen-bond donors (Lipinski definition) is 1. The average Bonchev–Trinajstić information content (AvgIpc) is 2.97. The van der Waals surface area contributed by atoms with Crippen molar-refractivity contribution in [1.29, 1.82) is 0 Å². The smallest absolute Gasteiger partial charge is 0.458 e. The first kappa shape index (κ1) is 21.5. The number of rotatable bonds is 6. The summed E-state index contributed by atoms with van der Waals surface area (Å²) in [6.07, 6.45) is 1.80. The summed E-state index contributed by atoms with van der Waals surface area (Å²) in [6, 6.07) is 0. The molecular formula is C22H24F2O9S. The Bertz CT molecular complexity index is 1160. The van der Waals surface area contributed by atoms with Crippen molar-refractivity contribution in [2.75, 3.05) is 0 Å². The first-order chi connectivity index (χ1) is 15.9. The van der Waals surface area contributed by atoms with E-state index in [-0.39, 0.29) is 6.42 Å². The van der Waals surface area contributed by atoms with Crippen LogP contribution in [0.1, 0.15) is 39.0 Å². The van der Waals surface area contributed by atoms with Gasteiger partial charge in [0.05, 0.1) is 11.8 Å². The van der Waals surface area contributed by atoms with Gasteiger partial charge in [0.25, 0.3) is 0 Å². The van der Waals surface area contributed by atoms with E-state index in [0.29, 0.717) is 35.5 Å². The highest BCUT2D eigenvalue weighted by Crippen LogP contribution is 2.89. The first-order valence-corrected chi connectivity index (χ1v) is 13.3. The molecule has 0 amide bonds. The molecule has 6 aliphatic carbocycles. The molecule has 186 valence electrons. The molecule has 7 rings (SSSR count). The minimum absolute atomic E-state index is 0.232. The monoisotopic (exact) mass is 502 g/mol. The Hall–Kier alpha value is -1.82. The zero-order valence-corrected chi connectivity index (χ0v) is 19.0. The van der Waals surface area contributed by atoms with Gasteiger partial charge in [-0.1, -0.05) is 6.92 Å². The maximum atomic E-state index is 13.8. The molecule has 1 saturated heterocycles. The average molecular weight is 502 g/mol. The third-order valence-corrected chi connectivity index (χ3v) is 11.5. The van der Waals surface area contributed by atoms with Crippen LogP contribution in [0.25, 0.3) is 0 Å². The number of esters is 3. The van der Waals surface area contributed by atoms with Gasteiger partial charge in [-0.05, 0) is 49.4 Å². The maximum absolute atomic E-state index is 13.8. The summed E-state index contributed by atoms with van der Waals surface area (Å²) >= 11 is 0. The molecule has 2 bridgehead atoms. The third-order valence-electron chi connectivity index (χ3n) is 10.7. The molecule has 12 heteroatoms. The quantitative estimate of drug-likeness (QED) is 0.326. The standard InChI is InChI=1S/C22H24F2O9S/c1-2-21(10-3-7-5-20(7)6-11(21)14(10)20)33-18(26)13-9-4-8-12(13)17(25)31-15(8)16(9)32-19(27)22(23,24)34(28,29)30/h7-16H,2-6H2,1H3,(H,28,29,30). The largest absolute Gasteiger partial charge is 0.465 e. The molecule has 34 heavy (non-hydrogen) atoms. The zero-order valence-electron chi connectivity index (χ0n) is 18.2. The van der Waals surface area contributed by atoms with Crippen molar-refractivity contribution in [3.05, 3.63) is 0 Å². The Morgan fingerprint density at radius 1 is 1.21 bits per heavy atom. The Morgan fingerprint density at radius 3 is 2.62 bits per heavy atom. The van der Waals surface area contributed by atoms with Crippen molar-refractivity contribution >= 4 is 28.0 Å². The van der Waals surface area contributed by atoms with Crippen LogP contribution in [0.5, 0.6) is 0 Å². The number of halogens is 2. The van der Waals surface area contributed by atoms with Gasteiger partial charge >= 0.3 is 33.3 Å². The molecule has 0 radical (unpaired) electrons. The summed E-state index contributed by atoms with van der Waals surface area (Å²) in [4.78, 5) is 38.0. The molecule has 1 heterocycles. The van der Waals surface area contributed by atoms with Gasteiger partial charge in [-0.25, -0.2) is 4.79 Å². The number of carbonyl (C=O) groups is 3. The lowest BCUT2D eigenvalue weighted by Gasteiger charge is -2.68. The fourth-order valence-corrected chi connectivity index (χ4v) is 9.59. The molecule has 7 fully saturated rings. The fourth-order valence-electron chi connectivity index (χ4n) is 9.33. The second-order valence-corrected chi connectivity index (χ2v) is 12.9. The lowest BCUT2D eigenvalue weighted by atomic mass is 9.40. The van der Waals surface area contributed by atoms with Gasteiger partial charge in [0.1, 0.15) is 17.8 Å². The minimum atomic E-state index is -6.05. The Labute approximate surface area is 193 Å². The highest BCUT2D eigenvalue weighted by atomic mass is 32.2. The van der Waals surface area contributed by atoms with E-state index in [0.717, 1.165) is 12.8 Å². The van der Waals surface area contributed by atoms with E-state index < -0.39 is 74.8 Å². The predicted molar refractivity (Wildman–Crippen MR) is 104 cm³/mol. The number of alkyl halides is 2. The van der Waals surface area contributed by atoms with Crippen molar-refractivity contribution in [1.82, 2.24) is 0 Å². The van der Waals surface area contributed by atoms with Crippen LogP contribution in [0.15, 0.2) is 0 Å². The summed E-state index contributed by atoms with van der Waals surface area (Å²) in [7, 11) is -6.05. The summed E-state index contributed by atoms with van der Waals surface area (Å²) in [6.45, 7) is 1.99. The van der Waals surface area contributed by atoms with Crippen LogP contribution in [0, 0.1) is 52.8 Å². The van der Waals surface area contributed by atoms with Gasteiger partial charge in [-0.2, -0.15) is 17.2 Å². The van der Waals surface area contributed by atoms with E-state index in [1.807, 2.05) is 6.92 Å². The molecule has 9 nitrogen and oxygen atoms in total. The van der Waals surface area contributed by atoms with Crippen molar-refractivity contribution in [3.63, 3.8) is 0 Å². The molecule has 0 aromatic rings. The fraction of sp³-hybridized carbons (Fsp3) is 0.864. The van der Waals surface area contributed by atoms with Crippen LogP contribution in [-0.2, 0) is 38.7 Å². The van der Waals surface area contributed by atoms with E-state index in [1.165, 1.54) is 6.42 Å². The van der Waals surface area contributed by atoms with Crippen LogP contribution in [0.4, 0.5) is 8.78 Å². The minimum Gasteiger partial charge on any atom is -0.458 e. The van der Waals surface area contributed by atoms with Gasteiger partial charge in [0, 0.05) is 23.7 Å². The summed E-state index contributed by atoms with van der Waals surface area (Å²) in [5.41, 5.74) is -0.110. The molecular weight excluding hydrogens is 478 g/mol. The van der Waals surface area contributed by atoms with Crippen molar-refractivity contribution in [2.45, 2.75) is 62.1 Å².